The van der Waals surface area contributed by atoms with Crippen LogP contribution in [0.1, 0.15) is 37.8 Å². The zero-order chi connectivity index (χ0) is 20.1. The number of piperidine rings is 2. The number of benzene rings is 1. The van der Waals surface area contributed by atoms with Crippen molar-refractivity contribution < 1.29 is 18.3 Å². The highest BCUT2D eigenvalue weighted by molar-refractivity contribution is 7.91. The van der Waals surface area contributed by atoms with E-state index in [1.807, 2.05) is 12.1 Å². The number of carbonyl (C=O) groups excluding carboxylic acids is 1. The van der Waals surface area contributed by atoms with E-state index in [9.17, 15) is 18.3 Å². The number of hydrogen-bond donors (Lipinski definition) is 2. The topological polar surface area (TPSA) is 86.7 Å². The molecule has 1 aromatic heterocycles. The Bertz CT molecular complexity index is 990. The molecule has 9 heteroatoms. The summed E-state index contributed by atoms with van der Waals surface area (Å²) in [6.45, 7) is 1.44. The number of aliphatic hydroxyl groups excluding tert-OH is 1. The Balaban J connectivity index is 1.75. The molecule has 2 aliphatic heterocycles. The molecule has 1 saturated carbocycles. The van der Waals surface area contributed by atoms with Gasteiger partial charge in [-0.3, -0.25) is 4.79 Å². The van der Waals surface area contributed by atoms with Gasteiger partial charge in [0.25, 0.3) is 10.0 Å². The van der Waals surface area contributed by atoms with Crippen LogP contribution < -0.4 is 5.32 Å². The average molecular weight is 441 g/mol. The van der Waals surface area contributed by atoms with Gasteiger partial charge in [-0.25, -0.2) is 8.42 Å². The van der Waals surface area contributed by atoms with E-state index in [4.69, 9.17) is 11.6 Å². The van der Waals surface area contributed by atoms with Crippen molar-refractivity contribution in [3.05, 3.63) is 46.3 Å². The fourth-order valence-electron chi connectivity index (χ4n) is 4.41. The highest BCUT2D eigenvalue weighted by atomic mass is 35.5. The molecule has 3 aliphatic rings. The second kappa shape index (κ2) is 7.42. The van der Waals surface area contributed by atoms with Crippen LogP contribution in [0.5, 0.6) is 0 Å². The predicted molar refractivity (Wildman–Crippen MR) is 109 cm³/mol. The molecule has 4 atom stereocenters. The Morgan fingerprint density at radius 2 is 1.93 bits per heavy atom. The van der Waals surface area contributed by atoms with Crippen LogP contribution in [0.2, 0.25) is 4.34 Å². The maximum absolute atomic E-state index is 13.4. The number of nitrogens with zero attached hydrogens (tertiary/aromatic N) is 1. The van der Waals surface area contributed by atoms with Gasteiger partial charge in [-0.2, -0.15) is 4.31 Å². The first kappa shape index (κ1) is 19.8. The number of thiophene rings is 1. The smallest absolute Gasteiger partial charge is 0.253 e. The first-order valence-corrected chi connectivity index (χ1v) is 11.8. The van der Waals surface area contributed by atoms with Crippen molar-refractivity contribution >= 4 is 44.6 Å². The third kappa shape index (κ3) is 3.48. The monoisotopic (exact) mass is 440 g/mol. The van der Waals surface area contributed by atoms with Crippen molar-refractivity contribution in [2.45, 2.75) is 48.6 Å². The van der Waals surface area contributed by atoms with Crippen molar-refractivity contribution in [1.29, 1.82) is 0 Å². The van der Waals surface area contributed by atoms with E-state index in [2.05, 4.69) is 5.32 Å². The van der Waals surface area contributed by atoms with E-state index in [0.29, 0.717) is 16.4 Å². The molecule has 2 aromatic rings. The summed E-state index contributed by atoms with van der Waals surface area (Å²) >= 11 is 7.03. The van der Waals surface area contributed by atoms with Crippen molar-refractivity contribution in [1.82, 2.24) is 4.31 Å². The minimum Gasteiger partial charge on any atom is -0.393 e. The molecule has 28 heavy (non-hydrogen) atoms. The van der Waals surface area contributed by atoms with Crippen LogP contribution in [0.25, 0.3) is 0 Å². The molecule has 6 nitrogen and oxygen atoms in total. The van der Waals surface area contributed by atoms with Crippen LogP contribution in [0.15, 0.2) is 40.6 Å². The van der Waals surface area contributed by atoms with Crippen LogP contribution in [0, 0.1) is 5.92 Å². The standard InChI is InChI=1S/C19H21ClN2O4S2/c1-11(23)21-13-4-2-12(3-5-13)19-15-7-6-14(10-16(15)24)22(19)28(25,26)18-9-8-17(20)27-18/h2-5,8-9,14-16,19,24H,6-7,10H2,1H3,(H,21,23)/t14-,15+,16-,19+/m0/s1. The van der Waals surface area contributed by atoms with Gasteiger partial charge in [0.05, 0.1) is 16.5 Å². The van der Waals surface area contributed by atoms with E-state index >= 15 is 0 Å². The molecule has 1 aliphatic carbocycles. The van der Waals surface area contributed by atoms with E-state index in [0.717, 1.165) is 29.7 Å². The lowest BCUT2D eigenvalue weighted by Crippen LogP contribution is -2.57. The number of aliphatic hydroxyl groups is 1. The summed E-state index contributed by atoms with van der Waals surface area (Å²) in [4.78, 5) is 11.2. The second-order valence-corrected chi connectivity index (χ2v) is 11.1. The number of nitrogens with one attached hydrogen (secondary N) is 1. The number of hydrogen-bond acceptors (Lipinski definition) is 5. The number of fused-ring (bicyclic) bond motifs is 3. The summed E-state index contributed by atoms with van der Waals surface area (Å²) in [6, 6.07) is 9.62. The third-order valence-corrected chi connectivity index (χ3v) is 9.17. The van der Waals surface area contributed by atoms with Gasteiger partial charge in [-0.1, -0.05) is 23.7 Å². The van der Waals surface area contributed by atoms with Crippen LogP contribution in [-0.2, 0) is 14.8 Å². The summed E-state index contributed by atoms with van der Waals surface area (Å²) in [6.07, 6.45) is 1.43. The van der Waals surface area contributed by atoms with Gasteiger partial charge in [0.1, 0.15) is 4.21 Å². The van der Waals surface area contributed by atoms with E-state index in [1.54, 1.807) is 22.5 Å². The van der Waals surface area contributed by atoms with E-state index in [1.165, 1.54) is 13.0 Å². The summed E-state index contributed by atoms with van der Waals surface area (Å²) in [5.74, 6) is -0.333. The van der Waals surface area contributed by atoms with E-state index in [-0.39, 0.29) is 22.1 Å². The highest BCUT2D eigenvalue weighted by Gasteiger charge is 2.52. The fraction of sp³-hybridized carbons (Fsp3) is 0.421. The zero-order valence-corrected chi connectivity index (χ0v) is 17.6. The predicted octanol–water partition coefficient (Wildman–Crippen LogP) is 3.64. The lowest BCUT2D eigenvalue weighted by molar-refractivity contribution is -0.114. The number of sulfonamides is 1. The lowest BCUT2D eigenvalue weighted by Gasteiger charge is -2.52. The summed E-state index contributed by atoms with van der Waals surface area (Å²) in [5, 5.41) is 13.3. The molecule has 0 unspecified atom stereocenters. The first-order chi connectivity index (χ1) is 13.3. The van der Waals surface area contributed by atoms with Gasteiger partial charge in [-0.05, 0) is 49.1 Å². The Morgan fingerprint density at radius 1 is 1.21 bits per heavy atom. The molecule has 3 heterocycles. The lowest BCUT2D eigenvalue weighted by atomic mass is 9.72. The van der Waals surface area contributed by atoms with Gasteiger partial charge in [0.15, 0.2) is 0 Å². The molecule has 2 bridgehead atoms. The summed E-state index contributed by atoms with van der Waals surface area (Å²) in [7, 11) is -3.74. The molecule has 1 aromatic carbocycles. The maximum Gasteiger partial charge on any atom is 0.253 e. The summed E-state index contributed by atoms with van der Waals surface area (Å²) < 4.78 is 29.1. The van der Waals surface area contributed by atoms with Gasteiger partial charge in [0, 0.05) is 24.6 Å². The molecule has 3 fully saturated rings. The molecule has 5 rings (SSSR count). The van der Waals surface area contributed by atoms with Crippen molar-refractivity contribution in [2.75, 3.05) is 5.32 Å². The Labute approximate surface area is 173 Å². The van der Waals surface area contributed by atoms with Gasteiger partial charge < -0.3 is 10.4 Å². The van der Waals surface area contributed by atoms with Gasteiger partial charge >= 0.3 is 0 Å². The van der Waals surface area contributed by atoms with Crippen molar-refractivity contribution in [3.8, 4) is 0 Å². The molecule has 150 valence electrons. The second-order valence-electron chi connectivity index (χ2n) is 7.34. The highest BCUT2D eigenvalue weighted by Crippen LogP contribution is 2.50. The quantitative estimate of drug-likeness (QED) is 0.759. The van der Waals surface area contributed by atoms with E-state index < -0.39 is 22.2 Å². The molecular weight excluding hydrogens is 420 g/mol. The number of rotatable bonds is 4. The van der Waals surface area contributed by atoms with Crippen LogP contribution in [0.4, 0.5) is 5.69 Å². The first-order valence-electron chi connectivity index (χ1n) is 9.12. The SMILES string of the molecule is CC(=O)Nc1ccc([C@@H]2[C@@H]3CC[C@@H](C[C@@H]3O)N2S(=O)(=O)c2ccc(Cl)s2)cc1. The Hall–Kier alpha value is -1.45. The average Bonchev–Trinajstić information content (AvgIpc) is 3.09. The largest absolute Gasteiger partial charge is 0.393 e. The molecule has 2 N–H and O–H groups in total. The Morgan fingerprint density at radius 3 is 2.50 bits per heavy atom. The third-order valence-electron chi connectivity index (χ3n) is 5.53. The van der Waals surface area contributed by atoms with Crippen LogP contribution in [-0.4, -0.2) is 35.9 Å². The molecule has 0 spiro atoms. The number of carbonyl (C=O) groups is 1. The van der Waals surface area contributed by atoms with Gasteiger partial charge in [0.2, 0.25) is 5.91 Å². The Kier molecular flexibility index (Phi) is 5.26. The summed E-state index contributed by atoms with van der Waals surface area (Å²) in [5.41, 5.74) is 1.46. The number of anilines is 1. The van der Waals surface area contributed by atoms with Crippen molar-refractivity contribution in [3.63, 3.8) is 0 Å². The number of amides is 1. The molecule has 1 amide bonds. The van der Waals surface area contributed by atoms with Crippen LogP contribution in [0.3, 0.4) is 0 Å². The van der Waals surface area contributed by atoms with Crippen molar-refractivity contribution in [2.24, 2.45) is 5.92 Å². The molecule has 0 radical (unpaired) electrons. The minimum absolute atomic E-state index is 0.165. The zero-order valence-electron chi connectivity index (χ0n) is 15.2. The van der Waals surface area contributed by atoms with Crippen LogP contribution >= 0.6 is 22.9 Å². The minimum atomic E-state index is -3.74. The molecular formula is C19H21ClN2O4S2. The normalized spacial score (nSPS) is 27.7. The number of halogens is 1. The van der Waals surface area contributed by atoms with Gasteiger partial charge in [-0.15, -0.1) is 11.3 Å². The molecule has 2 saturated heterocycles. The maximum atomic E-state index is 13.4. The fourth-order valence-corrected chi connectivity index (χ4v) is 7.88.